The molecular weight excluding hydrogens is 358 g/mol. The largest absolute Gasteiger partial charge is 0.361 e. The van der Waals surface area contributed by atoms with Crippen molar-refractivity contribution in [1.29, 1.82) is 0 Å². The van der Waals surface area contributed by atoms with Gasteiger partial charge in [0.05, 0.1) is 5.56 Å². The van der Waals surface area contributed by atoms with Crippen molar-refractivity contribution in [3.8, 4) is 0 Å². The summed E-state index contributed by atoms with van der Waals surface area (Å²) in [6, 6.07) is 5.50. The minimum atomic E-state index is -0.374. The second kappa shape index (κ2) is 6.86. The van der Waals surface area contributed by atoms with Gasteiger partial charge in [0.2, 0.25) is 5.95 Å². The Bertz CT molecular complexity index is 910. The van der Waals surface area contributed by atoms with Gasteiger partial charge in [0, 0.05) is 18.0 Å². The Hall–Kier alpha value is -1.82. The number of nitrogens with zero attached hydrogens (tertiary/aromatic N) is 3. The lowest BCUT2D eigenvalue weighted by molar-refractivity contribution is 0.103. The first-order valence-electron chi connectivity index (χ1n) is 9.93. The summed E-state index contributed by atoms with van der Waals surface area (Å²) in [4.78, 5) is 24.1. The highest BCUT2D eigenvalue weighted by Gasteiger charge is 2.58. The van der Waals surface area contributed by atoms with Gasteiger partial charge in [-0.2, -0.15) is 0 Å². The summed E-state index contributed by atoms with van der Waals surface area (Å²) in [6.07, 6.45) is 3.12. The predicted octanol–water partition coefficient (Wildman–Crippen LogP) is -7.06. The average Bonchev–Trinajstić information content (AvgIpc) is 2.60. The van der Waals surface area contributed by atoms with Crippen LogP contribution in [0.15, 0.2) is 36.7 Å². The van der Waals surface area contributed by atoms with Gasteiger partial charge in [-0.05, 0) is 45.6 Å². The van der Waals surface area contributed by atoms with Crippen LogP contribution in [-0.4, -0.2) is 99.9 Å². The summed E-state index contributed by atoms with van der Waals surface area (Å²) in [6.45, 7) is 0. The van der Waals surface area contributed by atoms with Crippen LogP contribution in [0.4, 0.5) is 10.3 Å². The van der Waals surface area contributed by atoms with Crippen molar-refractivity contribution >= 4 is 74.5 Å². The number of benzene rings is 1. The molecule has 3 rings (SSSR count). The zero-order chi connectivity index (χ0) is 21.8. The van der Waals surface area contributed by atoms with Gasteiger partial charge in [-0.1, -0.05) is 0 Å². The molecular formula is C15H23B8FN4O. The zero-order valence-electron chi connectivity index (χ0n) is 18.6. The Kier molecular flexibility index (Phi) is 5.18. The van der Waals surface area contributed by atoms with E-state index in [9.17, 15) is 9.18 Å². The molecule has 0 aliphatic carbocycles. The second-order valence-electron chi connectivity index (χ2n) is 9.94. The quantitative estimate of drug-likeness (QED) is 0.424. The number of nitrogens with one attached hydrogen (secondary N) is 1. The fraction of sp³-hybridized carbons (Fsp3) is 0.267. The van der Waals surface area contributed by atoms with Crippen LogP contribution >= 0.6 is 0 Å². The van der Waals surface area contributed by atoms with Crippen LogP contribution in [-0.2, 0) is 0 Å². The van der Waals surface area contributed by atoms with Gasteiger partial charge in [0.15, 0.2) is 5.78 Å². The highest BCUT2D eigenvalue weighted by Crippen LogP contribution is 2.37. The lowest BCUT2D eigenvalue weighted by atomic mass is 9.27. The Morgan fingerprint density at radius 1 is 0.828 bits per heavy atom. The third kappa shape index (κ3) is 3.49. The van der Waals surface area contributed by atoms with E-state index in [2.05, 4.69) is 83.0 Å². The molecule has 0 atom stereocenters. The molecule has 1 fully saturated rings. The van der Waals surface area contributed by atoms with Crippen molar-refractivity contribution in [3.63, 3.8) is 0 Å². The van der Waals surface area contributed by atoms with E-state index in [1.54, 1.807) is 12.4 Å². The van der Waals surface area contributed by atoms with Crippen molar-refractivity contribution in [1.82, 2.24) is 15.3 Å². The number of ketones is 1. The van der Waals surface area contributed by atoms with Crippen LogP contribution in [0.25, 0.3) is 0 Å². The van der Waals surface area contributed by atoms with Crippen molar-refractivity contribution in [2.24, 2.45) is 0 Å². The van der Waals surface area contributed by atoms with E-state index >= 15 is 0 Å². The molecule has 140 valence electrons. The van der Waals surface area contributed by atoms with Gasteiger partial charge < -0.3 is 10.2 Å². The molecule has 1 aliphatic heterocycles. The van der Waals surface area contributed by atoms with E-state index in [-0.39, 0.29) is 33.0 Å². The normalized spacial score (nSPS) is 21.3. The van der Waals surface area contributed by atoms with Crippen LogP contribution in [0.3, 0.4) is 0 Å². The molecule has 1 aromatic heterocycles. The number of halogens is 1. The minimum absolute atomic E-state index is 0.210. The molecule has 2 heterocycles. The first-order valence-corrected chi connectivity index (χ1v) is 9.93. The van der Waals surface area contributed by atoms with Gasteiger partial charge in [-0.25, -0.2) is 14.4 Å². The molecule has 1 saturated heterocycles. The predicted molar refractivity (Wildman–Crippen MR) is 137 cm³/mol. The molecule has 14 heteroatoms. The molecule has 29 heavy (non-hydrogen) atoms. The van der Waals surface area contributed by atoms with E-state index in [4.69, 9.17) is 0 Å². The maximum absolute atomic E-state index is 13.1. The van der Waals surface area contributed by atoms with E-state index in [0.717, 1.165) is 0 Å². The molecule has 0 spiro atoms. The first-order chi connectivity index (χ1) is 13.2. The van der Waals surface area contributed by atoms with Gasteiger partial charge in [-0.3, -0.25) is 4.79 Å². The Labute approximate surface area is 179 Å². The van der Waals surface area contributed by atoms with E-state index in [1.807, 2.05) is 0 Å². The number of carbonyl (C=O) groups excluding carboxylic acids is 1. The van der Waals surface area contributed by atoms with Gasteiger partial charge >= 0.3 is 0 Å². The van der Waals surface area contributed by atoms with Crippen LogP contribution in [0.2, 0.25) is 0 Å². The van der Waals surface area contributed by atoms with Crippen molar-refractivity contribution in [2.45, 2.75) is 21.4 Å². The molecule has 0 saturated carbocycles. The molecule has 1 N–H and O–H groups in total. The number of hydrogen-bond acceptors (Lipinski definition) is 5. The molecule has 5 nitrogen and oxygen atoms in total. The van der Waals surface area contributed by atoms with Crippen molar-refractivity contribution in [2.75, 3.05) is 4.90 Å². The summed E-state index contributed by atoms with van der Waals surface area (Å²) >= 11 is 0. The molecule has 1 aromatic carbocycles. The average molecular weight is 381 g/mol. The minimum Gasteiger partial charge on any atom is -0.361 e. The summed E-state index contributed by atoms with van der Waals surface area (Å²) in [7, 11) is 17.4. The monoisotopic (exact) mass is 382 g/mol. The molecule has 2 aromatic rings. The van der Waals surface area contributed by atoms with Gasteiger partial charge in [0.1, 0.15) is 68.6 Å². The van der Waals surface area contributed by atoms with E-state index < -0.39 is 0 Å². The fourth-order valence-corrected chi connectivity index (χ4v) is 4.17. The third-order valence-electron chi connectivity index (χ3n) is 7.01. The van der Waals surface area contributed by atoms with Crippen LogP contribution in [0, 0.1) is 5.82 Å². The van der Waals surface area contributed by atoms with Crippen LogP contribution in [0.1, 0.15) is 15.9 Å². The zero-order valence-corrected chi connectivity index (χ0v) is 18.6. The molecule has 0 amide bonds. The number of carbonyl (C=O) groups is 1. The van der Waals surface area contributed by atoms with E-state index in [0.29, 0.717) is 17.1 Å². The molecule has 0 unspecified atom stereocenters. The highest BCUT2D eigenvalue weighted by atomic mass is 19.1. The van der Waals surface area contributed by atoms with Crippen LogP contribution in [0.5, 0.6) is 0 Å². The Morgan fingerprint density at radius 2 is 1.28 bits per heavy atom. The maximum atomic E-state index is 13.1. The van der Waals surface area contributed by atoms with Crippen LogP contribution < -0.4 is 10.2 Å². The smallest absolute Gasteiger partial charge is 0.223 e. The molecule has 0 radical (unpaired) electrons. The number of hydrogen-bond donors (Lipinski definition) is 1. The van der Waals surface area contributed by atoms with Gasteiger partial charge in [0.25, 0.3) is 0 Å². The Morgan fingerprint density at radius 3 is 1.72 bits per heavy atom. The van der Waals surface area contributed by atoms with Crippen molar-refractivity contribution < 1.29 is 9.18 Å². The number of aromatic nitrogens is 2. The fourth-order valence-electron chi connectivity index (χ4n) is 4.17. The summed E-state index contributed by atoms with van der Waals surface area (Å²) in [5, 5.41) is 2.77. The lowest BCUT2D eigenvalue weighted by Gasteiger charge is -2.69. The Balaban J connectivity index is 2.01. The van der Waals surface area contributed by atoms with E-state index in [1.165, 1.54) is 24.3 Å². The van der Waals surface area contributed by atoms with Gasteiger partial charge in [-0.15, -0.1) is 0 Å². The maximum Gasteiger partial charge on any atom is 0.223 e. The first kappa shape index (κ1) is 21.9. The SMILES string of the molecule is BC1(B)NC(B)(B)C(B)(B)N(c2ncc(C(=O)c3ccc(F)cc3)cn2)C1(B)B. The second-order valence-corrected chi connectivity index (χ2v) is 9.94. The number of anilines is 1. The standard InChI is InChI=1S/C15H23B8FN4O/c16-12(17)14(20,21)28(15(22,23)13(18,19)27-12)11-25-5-8(6-26-11)10(29)7-1-3-9(24)4-2-7/h1-6,27H,16-23H2. The molecule has 1 aliphatic rings. The summed E-state index contributed by atoms with van der Waals surface area (Å²) < 4.78 is 13.1. The topological polar surface area (TPSA) is 58.1 Å². The summed E-state index contributed by atoms with van der Waals surface area (Å²) in [5.74, 6) is -0.0177. The summed E-state index contributed by atoms with van der Waals surface area (Å²) in [5.41, 5.74) is 0.789. The third-order valence-corrected chi connectivity index (χ3v) is 7.01. The lowest BCUT2D eigenvalue weighted by Crippen LogP contribution is -2.92. The number of rotatable bonds is 3. The van der Waals surface area contributed by atoms with Crippen molar-refractivity contribution in [3.05, 3.63) is 53.6 Å². The molecule has 0 bridgehead atoms. The number of piperazine rings is 1. The highest BCUT2D eigenvalue weighted by molar-refractivity contribution is 6.62.